The number of nitrogens with one attached hydrogen (secondary N) is 1. The third-order valence-corrected chi connectivity index (χ3v) is 12.8. The van der Waals surface area contributed by atoms with Gasteiger partial charge in [0.15, 0.2) is 11.5 Å². The average Bonchev–Trinajstić information content (AvgIpc) is 3.47. The van der Waals surface area contributed by atoms with Crippen LogP contribution in [0.15, 0.2) is 123 Å². The van der Waals surface area contributed by atoms with Crippen LogP contribution in [0, 0.1) is 0 Å². The third kappa shape index (κ3) is 6.63. The number of amides is 2. The van der Waals surface area contributed by atoms with E-state index in [-0.39, 0.29) is 23.5 Å². The van der Waals surface area contributed by atoms with Crippen LogP contribution in [-0.4, -0.2) is 39.9 Å². The fraction of sp³-hybridized carbons (Fsp3) is 0.143. The Morgan fingerprint density at radius 2 is 1.55 bits per heavy atom. The second-order valence-corrected chi connectivity index (χ2v) is 16.3. The normalized spacial score (nSPS) is 17.4. The van der Waals surface area contributed by atoms with Gasteiger partial charge < -0.3 is 10.1 Å². The third-order valence-electron chi connectivity index (χ3n) is 7.68. The molecule has 2 aromatic heterocycles. The van der Waals surface area contributed by atoms with Gasteiger partial charge in [0, 0.05) is 16.7 Å². The van der Waals surface area contributed by atoms with Crippen LogP contribution >= 0.6 is 57.8 Å². The second-order valence-electron chi connectivity index (χ2n) is 10.8. The minimum atomic E-state index is -0.787. The van der Waals surface area contributed by atoms with Gasteiger partial charge in [-0.15, -0.1) is 34.4 Å². The SMILES string of the molecule is O=C(Cc1ccccc1)NC1C(=O)N2C(C(=O)OC(c3ccccc3)c3ccccc3)=C(Sc3cc(=O)c4cc(Cl)sc4s3)CS[C@@H]12. The van der Waals surface area contributed by atoms with E-state index in [1.807, 2.05) is 91.0 Å². The van der Waals surface area contributed by atoms with E-state index < -0.39 is 29.4 Å². The Hall–Kier alpha value is -3.87. The number of benzene rings is 3. The molecule has 1 saturated heterocycles. The van der Waals surface area contributed by atoms with Crippen molar-refractivity contribution in [3.63, 3.8) is 0 Å². The molecule has 1 fully saturated rings. The van der Waals surface area contributed by atoms with Gasteiger partial charge in [-0.05, 0) is 22.8 Å². The molecule has 7 nitrogen and oxygen atoms in total. The van der Waals surface area contributed by atoms with E-state index in [1.165, 1.54) is 57.2 Å². The van der Waals surface area contributed by atoms with Gasteiger partial charge in [-0.2, -0.15) is 0 Å². The molecule has 1 unspecified atom stereocenters. The number of nitrogens with zero attached hydrogens (tertiary/aromatic N) is 1. The van der Waals surface area contributed by atoms with Crippen LogP contribution < -0.4 is 10.7 Å². The number of rotatable bonds is 9. The molecule has 4 heterocycles. The van der Waals surface area contributed by atoms with Crippen LogP contribution in [0.4, 0.5) is 0 Å². The largest absolute Gasteiger partial charge is 0.448 e. The number of β-lactam (4-membered cyclic amide) rings is 1. The zero-order chi connectivity index (χ0) is 32.5. The van der Waals surface area contributed by atoms with Gasteiger partial charge in [0.05, 0.1) is 24.4 Å². The summed E-state index contributed by atoms with van der Waals surface area (Å²) in [5.41, 5.74) is 2.36. The van der Waals surface area contributed by atoms with E-state index in [0.29, 0.717) is 24.6 Å². The van der Waals surface area contributed by atoms with Gasteiger partial charge in [-0.25, -0.2) is 4.79 Å². The molecule has 0 saturated carbocycles. The molecule has 47 heavy (non-hydrogen) atoms. The van der Waals surface area contributed by atoms with Gasteiger partial charge in [0.1, 0.15) is 17.1 Å². The molecule has 0 radical (unpaired) electrons. The van der Waals surface area contributed by atoms with Crippen molar-refractivity contribution in [1.82, 2.24) is 10.2 Å². The monoisotopic (exact) mass is 716 g/mol. The maximum atomic E-state index is 14.3. The highest BCUT2D eigenvalue weighted by Crippen LogP contribution is 2.47. The number of esters is 1. The molecule has 0 aliphatic carbocycles. The summed E-state index contributed by atoms with van der Waals surface area (Å²) in [5.74, 6) is -0.951. The number of thiophene rings is 1. The topological polar surface area (TPSA) is 92.8 Å². The molecule has 5 aromatic rings. The lowest BCUT2D eigenvalue weighted by Gasteiger charge is -2.49. The number of fused-ring (bicyclic) bond motifs is 2. The first-order valence-electron chi connectivity index (χ1n) is 14.6. The van der Waals surface area contributed by atoms with Crippen molar-refractivity contribution in [3.05, 3.63) is 145 Å². The highest BCUT2D eigenvalue weighted by atomic mass is 35.5. The Bertz CT molecular complexity index is 2030. The van der Waals surface area contributed by atoms with Crippen LogP contribution in [0.25, 0.3) is 9.40 Å². The van der Waals surface area contributed by atoms with Crippen molar-refractivity contribution in [2.45, 2.75) is 28.1 Å². The maximum absolute atomic E-state index is 14.3. The summed E-state index contributed by atoms with van der Waals surface area (Å²) in [4.78, 5) is 55.9. The molecule has 2 aliphatic rings. The summed E-state index contributed by atoms with van der Waals surface area (Å²) in [6.07, 6.45) is -0.590. The molecule has 2 atom stereocenters. The lowest BCUT2D eigenvalue weighted by molar-refractivity contribution is -0.154. The minimum absolute atomic E-state index is 0.123. The smallest absolute Gasteiger partial charge is 0.356 e. The average molecular weight is 717 g/mol. The van der Waals surface area contributed by atoms with Crippen molar-refractivity contribution in [2.24, 2.45) is 0 Å². The first-order valence-corrected chi connectivity index (χ1v) is 18.5. The Kier molecular flexibility index (Phi) is 9.24. The lowest BCUT2D eigenvalue weighted by atomic mass is 10.0. The zero-order valence-corrected chi connectivity index (χ0v) is 28.5. The fourth-order valence-corrected chi connectivity index (χ4v) is 11.1. The van der Waals surface area contributed by atoms with E-state index in [2.05, 4.69) is 5.32 Å². The molecule has 2 aliphatic heterocycles. The number of thioether (sulfide) groups is 2. The highest BCUT2D eigenvalue weighted by Gasteiger charge is 2.55. The number of carbonyl (C=O) groups is 3. The van der Waals surface area contributed by atoms with Crippen LogP contribution in [0.2, 0.25) is 4.34 Å². The molecule has 2 amide bonds. The van der Waals surface area contributed by atoms with E-state index in [1.54, 1.807) is 6.07 Å². The predicted molar refractivity (Wildman–Crippen MR) is 190 cm³/mol. The Balaban J connectivity index is 1.22. The highest BCUT2D eigenvalue weighted by molar-refractivity contribution is 8.07. The number of ether oxygens (including phenoxy) is 1. The van der Waals surface area contributed by atoms with E-state index >= 15 is 0 Å². The summed E-state index contributed by atoms with van der Waals surface area (Å²) in [5, 5.41) is 2.95. The van der Waals surface area contributed by atoms with Crippen LogP contribution in [0.3, 0.4) is 0 Å². The van der Waals surface area contributed by atoms with Crippen LogP contribution in [0.1, 0.15) is 22.8 Å². The first-order chi connectivity index (χ1) is 22.9. The molecular weight excluding hydrogens is 692 g/mol. The minimum Gasteiger partial charge on any atom is -0.448 e. The summed E-state index contributed by atoms with van der Waals surface area (Å²) in [6, 6.07) is 30.6. The van der Waals surface area contributed by atoms with E-state index in [0.717, 1.165) is 20.7 Å². The van der Waals surface area contributed by atoms with Crippen LogP contribution in [-0.2, 0) is 25.5 Å². The number of hydrogen-bond donors (Lipinski definition) is 1. The molecule has 12 heteroatoms. The number of hydrogen-bond acceptors (Lipinski definition) is 9. The van der Waals surface area contributed by atoms with Crippen LogP contribution in [0.5, 0.6) is 0 Å². The van der Waals surface area contributed by atoms with Crippen molar-refractivity contribution in [1.29, 1.82) is 0 Å². The van der Waals surface area contributed by atoms with Crippen molar-refractivity contribution >= 4 is 85.0 Å². The first kappa shape index (κ1) is 31.7. The van der Waals surface area contributed by atoms with E-state index in [4.69, 9.17) is 16.3 Å². The molecule has 0 spiro atoms. The van der Waals surface area contributed by atoms with Gasteiger partial charge in [0.25, 0.3) is 5.91 Å². The summed E-state index contributed by atoms with van der Waals surface area (Å²) in [6.45, 7) is 0. The van der Waals surface area contributed by atoms with Gasteiger partial charge in [-0.3, -0.25) is 19.3 Å². The van der Waals surface area contributed by atoms with Gasteiger partial charge >= 0.3 is 5.97 Å². The van der Waals surface area contributed by atoms with Crippen molar-refractivity contribution in [2.75, 3.05) is 5.75 Å². The van der Waals surface area contributed by atoms with Gasteiger partial charge in [0.2, 0.25) is 5.91 Å². The number of carbonyl (C=O) groups excluding carboxylic acids is 3. The molecule has 1 N–H and O–H groups in total. The number of halogens is 1. The molecular formula is C35H25ClN2O5S4. The molecule has 0 bridgehead atoms. The maximum Gasteiger partial charge on any atom is 0.356 e. The Labute approximate surface area is 291 Å². The molecule has 236 valence electrons. The molecule has 7 rings (SSSR count). The Morgan fingerprint density at radius 1 is 0.915 bits per heavy atom. The fourth-order valence-electron chi connectivity index (χ4n) is 5.48. The standard InChI is InChI=1S/C35H25ClN2O5S4/c36-26-17-23-24(39)18-28(47-35(23)46-26)45-25-19-44-33-29(37-27(40)16-20-10-4-1-5-11-20)32(41)38(33)30(25)34(42)43-31(21-12-6-2-7-13-21)22-14-8-3-9-15-22/h1-15,17-18,29,31,33H,16,19H2,(H,37,40)/t29?,33-/m0/s1. The zero-order valence-electron chi connectivity index (χ0n) is 24.5. The summed E-state index contributed by atoms with van der Waals surface area (Å²) in [7, 11) is 0. The quantitative estimate of drug-likeness (QED) is 0.127. The van der Waals surface area contributed by atoms with Gasteiger partial charge in [-0.1, -0.05) is 114 Å². The van der Waals surface area contributed by atoms with E-state index in [9.17, 15) is 19.2 Å². The predicted octanol–water partition coefficient (Wildman–Crippen LogP) is 7.26. The lowest BCUT2D eigenvalue weighted by Crippen LogP contribution is -2.70. The summed E-state index contributed by atoms with van der Waals surface area (Å²) < 4.78 is 8.22. The Morgan fingerprint density at radius 3 is 2.21 bits per heavy atom. The second kappa shape index (κ2) is 13.7. The van der Waals surface area contributed by atoms with Crippen molar-refractivity contribution < 1.29 is 19.1 Å². The molecule has 3 aromatic carbocycles. The van der Waals surface area contributed by atoms with Crippen molar-refractivity contribution in [3.8, 4) is 0 Å². The summed E-state index contributed by atoms with van der Waals surface area (Å²) >= 11 is 11.7.